The Labute approximate surface area is 123 Å². The minimum Gasteiger partial charge on any atom is -0.224 e. The predicted molar refractivity (Wildman–Crippen MR) is 78.3 cm³/mol. The first-order valence-corrected chi connectivity index (χ1v) is 7.99. The van der Waals surface area contributed by atoms with Gasteiger partial charge in [-0.3, -0.25) is 0 Å². The van der Waals surface area contributed by atoms with E-state index in [1.165, 1.54) is 24.3 Å². The van der Waals surface area contributed by atoms with E-state index in [1.54, 1.807) is 24.3 Å². The van der Waals surface area contributed by atoms with Crippen molar-refractivity contribution in [3.8, 4) is 6.07 Å². The highest BCUT2D eigenvalue weighted by atomic mass is 35.5. The summed E-state index contributed by atoms with van der Waals surface area (Å²) in [7, 11) is -3.52. The van der Waals surface area contributed by atoms with E-state index in [0.717, 1.165) is 0 Å². The van der Waals surface area contributed by atoms with Crippen LogP contribution in [0.2, 0.25) is 5.02 Å². The Morgan fingerprint density at radius 3 is 2.20 bits per heavy atom. The number of halogens is 1. The van der Waals surface area contributed by atoms with Gasteiger partial charge in [0.15, 0.2) is 9.84 Å². The van der Waals surface area contributed by atoms with Gasteiger partial charge in [-0.05, 0) is 29.8 Å². The molecule has 20 heavy (non-hydrogen) atoms. The number of rotatable bonds is 4. The second kappa shape index (κ2) is 6.08. The zero-order valence-electron chi connectivity index (χ0n) is 10.5. The standard InChI is InChI=1S/C15H12ClNO2S/c16-14-6-8-15(9-7-14)20(18,19)11-13(10-17)12-4-2-1-3-5-12/h1-9,13H,11H2. The molecule has 5 heteroatoms. The zero-order chi connectivity index (χ0) is 14.6. The number of nitrogens with zero attached hydrogens (tertiary/aromatic N) is 1. The van der Waals surface area contributed by atoms with Gasteiger partial charge in [-0.1, -0.05) is 41.9 Å². The van der Waals surface area contributed by atoms with Crippen molar-refractivity contribution in [1.29, 1.82) is 5.26 Å². The van der Waals surface area contributed by atoms with Crippen molar-refractivity contribution in [1.82, 2.24) is 0 Å². The van der Waals surface area contributed by atoms with Gasteiger partial charge in [0.2, 0.25) is 0 Å². The maximum absolute atomic E-state index is 12.3. The summed E-state index contributed by atoms with van der Waals surface area (Å²) in [5.74, 6) is -0.924. The number of sulfone groups is 1. The lowest BCUT2D eigenvalue weighted by atomic mass is 10.0. The van der Waals surface area contributed by atoms with Crippen molar-refractivity contribution >= 4 is 21.4 Å². The van der Waals surface area contributed by atoms with E-state index in [0.29, 0.717) is 10.6 Å². The molecule has 0 aliphatic rings. The van der Waals surface area contributed by atoms with Gasteiger partial charge in [-0.2, -0.15) is 5.26 Å². The van der Waals surface area contributed by atoms with Crippen LogP contribution in [0, 0.1) is 11.3 Å². The highest BCUT2D eigenvalue weighted by Crippen LogP contribution is 2.22. The molecule has 0 bridgehead atoms. The molecule has 3 nitrogen and oxygen atoms in total. The second-order valence-electron chi connectivity index (χ2n) is 4.33. The quantitative estimate of drug-likeness (QED) is 0.869. The molecule has 0 amide bonds. The van der Waals surface area contributed by atoms with Crippen LogP contribution in [0.3, 0.4) is 0 Å². The molecule has 0 saturated carbocycles. The second-order valence-corrected chi connectivity index (χ2v) is 6.80. The van der Waals surface area contributed by atoms with Crippen LogP contribution in [0.5, 0.6) is 0 Å². The lowest BCUT2D eigenvalue weighted by molar-refractivity contribution is 0.593. The zero-order valence-corrected chi connectivity index (χ0v) is 12.1. The van der Waals surface area contributed by atoms with E-state index in [2.05, 4.69) is 6.07 Å². The lowest BCUT2D eigenvalue weighted by Crippen LogP contribution is -2.14. The first-order valence-electron chi connectivity index (χ1n) is 5.96. The molecular formula is C15H12ClNO2S. The fraction of sp³-hybridized carbons (Fsp3) is 0.133. The average molecular weight is 306 g/mol. The van der Waals surface area contributed by atoms with Gasteiger partial charge in [-0.25, -0.2) is 8.42 Å². The molecule has 0 radical (unpaired) electrons. The van der Waals surface area contributed by atoms with Gasteiger partial charge < -0.3 is 0 Å². The van der Waals surface area contributed by atoms with Crippen LogP contribution in [-0.4, -0.2) is 14.2 Å². The molecule has 0 aromatic heterocycles. The van der Waals surface area contributed by atoms with Gasteiger partial charge >= 0.3 is 0 Å². The predicted octanol–water partition coefficient (Wildman–Crippen LogP) is 3.42. The maximum atomic E-state index is 12.3. The molecule has 102 valence electrons. The normalized spacial score (nSPS) is 12.6. The number of nitriles is 1. The van der Waals surface area contributed by atoms with Crippen LogP contribution in [0.1, 0.15) is 11.5 Å². The molecular weight excluding hydrogens is 294 g/mol. The van der Waals surface area contributed by atoms with Crippen molar-refractivity contribution in [2.75, 3.05) is 5.75 Å². The van der Waals surface area contributed by atoms with Gasteiger partial charge in [0.05, 0.1) is 22.6 Å². The third kappa shape index (κ3) is 3.38. The van der Waals surface area contributed by atoms with Crippen molar-refractivity contribution < 1.29 is 8.42 Å². The summed E-state index contributed by atoms with van der Waals surface area (Å²) in [6.07, 6.45) is 0. The molecule has 0 spiro atoms. The minimum atomic E-state index is -3.52. The largest absolute Gasteiger partial charge is 0.224 e. The van der Waals surface area contributed by atoms with Crippen molar-refractivity contribution in [2.24, 2.45) is 0 Å². The Kier molecular flexibility index (Phi) is 4.43. The van der Waals surface area contributed by atoms with Crippen LogP contribution < -0.4 is 0 Å². The number of hydrogen-bond donors (Lipinski definition) is 0. The third-order valence-corrected chi connectivity index (χ3v) is 4.93. The third-order valence-electron chi connectivity index (χ3n) is 2.92. The molecule has 0 aliphatic heterocycles. The summed E-state index contributed by atoms with van der Waals surface area (Å²) in [5.41, 5.74) is 0.701. The number of benzene rings is 2. The van der Waals surface area contributed by atoms with Crippen LogP contribution in [0.15, 0.2) is 59.5 Å². The van der Waals surface area contributed by atoms with Gasteiger partial charge in [0.1, 0.15) is 0 Å². The van der Waals surface area contributed by atoms with E-state index in [9.17, 15) is 13.7 Å². The molecule has 0 N–H and O–H groups in total. The molecule has 0 aliphatic carbocycles. The highest BCUT2D eigenvalue weighted by Gasteiger charge is 2.22. The maximum Gasteiger partial charge on any atom is 0.180 e. The first kappa shape index (κ1) is 14.6. The topological polar surface area (TPSA) is 57.9 Å². The molecule has 1 atom stereocenters. The van der Waals surface area contributed by atoms with Gasteiger partial charge in [-0.15, -0.1) is 0 Å². The van der Waals surface area contributed by atoms with Gasteiger partial charge in [0, 0.05) is 5.02 Å². The molecule has 1 unspecified atom stereocenters. The molecule has 0 fully saturated rings. The summed E-state index contributed by atoms with van der Waals surface area (Å²) in [5, 5.41) is 9.67. The Bertz CT molecular complexity index is 719. The summed E-state index contributed by atoms with van der Waals surface area (Å²) >= 11 is 5.74. The van der Waals surface area contributed by atoms with Crippen molar-refractivity contribution in [3.05, 3.63) is 65.2 Å². The summed E-state index contributed by atoms with van der Waals surface area (Å²) in [6, 6.07) is 16.9. The Hall–Kier alpha value is -1.83. The van der Waals surface area contributed by atoms with E-state index in [4.69, 9.17) is 11.6 Å². The van der Waals surface area contributed by atoms with Crippen LogP contribution in [-0.2, 0) is 9.84 Å². The van der Waals surface area contributed by atoms with Crippen LogP contribution in [0.4, 0.5) is 0 Å². The minimum absolute atomic E-state index is 0.179. The molecule has 2 aromatic rings. The van der Waals surface area contributed by atoms with E-state index in [-0.39, 0.29) is 10.6 Å². The monoisotopic (exact) mass is 305 g/mol. The Balaban J connectivity index is 2.28. The average Bonchev–Trinajstić information content (AvgIpc) is 2.46. The molecule has 2 aromatic carbocycles. The smallest absolute Gasteiger partial charge is 0.180 e. The highest BCUT2D eigenvalue weighted by molar-refractivity contribution is 7.91. The lowest BCUT2D eigenvalue weighted by Gasteiger charge is -2.10. The van der Waals surface area contributed by atoms with Crippen molar-refractivity contribution in [2.45, 2.75) is 10.8 Å². The van der Waals surface area contributed by atoms with Crippen LogP contribution >= 0.6 is 11.6 Å². The Morgan fingerprint density at radius 2 is 1.65 bits per heavy atom. The molecule has 0 saturated heterocycles. The molecule has 2 rings (SSSR count). The number of hydrogen-bond acceptors (Lipinski definition) is 3. The van der Waals surface area contributed by atoms with E-state index >= 15 is 0 Å². The fourth-order valence-corrected chi connectivity index (χ4v) is 3.43. The molecule has 0 heterocycles. The Morgan fingerprint density at radius 1 is 1.05 bits per heavy atom. The van der Waals surface area contributed by atoms with Gasteiger partial charge in [0.25, 0.3) is 0 Å². The first-order chi connectivity index (χ1) is 9.53. The fourth-order valence-electron chi connectivity index (χ4n) is 1.85. The van der Waals surface area contributed by atoms with Crippen LogP contribution in [0.25, 0.3) is 0 Å². The summed E-state index contributed by atoms with van der Waals surface area (Å²) in [4.78, 5) is 0.179. The summed E-state index contributed by atoms with van der Waals surface area (Å²) in [6.45, 7) is 0. The van der Waals surface area contributed by atoms with E-state index < -0.39 is 15.8 Å². The van der Waals surface area contributed by atoms with E-state index in [1.807, 2.05) is 6.07 Å². The van der Waals surface area contributed by atoms with Crippen molar-refractivity contribution in [3.63, 3.8) is 0 Å². The SMILES string of the molecule is N#CC(CS(=O)(=O)c1ccc(Cl)cc1)c1ccccc1. The summed E-state index contributed by atoms with van der Waals surface area (Å²) < 4.78 is 24.6.